The first-order chi connectivity index (χ1) is 8.28. The van der Waals surface area contributed by atoms with Gasteiger partial charge in [0.1, 0.15) is 11.4 Å². The van der Waals surface area contributed by atoms with Gasteiger partial charge in [-0.05, 0) is 32.9 Å². The number of aromatic nitrogens is 1. The Bertz CT molecular complexity index is 430. The molecule has 1 heterocycles. The fraction of sp³-hybridized carbons (Fsp3) is 0.583. The third-order valence-electron chi connectivity index (χ3n) is 1.99. The van der Waals surface area contributed by atoms with E-state index in [0.29, 0.717) is 29.7 Å². The minimum absolute atomic E-state index is 0.343. The maximum atomic E-state index is 10.9. The molecule has 0 aromatic carbocycles. The van der Waals surface area contributed by atoms with Gasteiger partial charge in [0.25, 0.3) is 0 Å². The second kappa shape index (κ2) is 6.04. The summed E-state index contributed by atoms with van der Waals surface area (Å²) in [6.07, 6.45) is 1.67. The van der Waals surface area contributed by atoms with Gasteiger partial charge in [0.05, 0.1) is 5.69 Å². The molecule has 0 radical (unpaired) electrons. The van der Waals surface area contributed by atoms with E-state index in [2.05, 4.69) is 10.3 Å². The zero-order valence-corrected chi connectivity index (χ0v) is 12.1. The molecular formula is C12H21N3O2S. The van der Waals surface area contributed by atoms with Crippen LogP contribution in [0, 0.1) is 0 Å². The zero-order valence-electron chi connectivity index (χ0n) is 11.3. The minimum atomic E-state index is -0.811. The van der Waals surface area contributed by atoms with Gasteiger partial charge >= 0.3 is 0 Å². The summed E-state index contributed by atoms with van der Waals surface area (Å²) in [6.45, 7) is 6.42. The molecule has 102 valence electrons. The van der Waals surface area contributed by atoms with Crippen molar-refractivity contribution in [2.45, 2.75) is 26.4 Å². The van der Waals surface area contributed by atoms with Gasteiger partial charge in [-0.25, -0.2) is 0 Å². The predicted molar refractivity (Wildman–Crippen MR) is 76.5 cm³/mol. The lowest BCUT2D eigenvalue weighted by molar-refractivity contribution is 0.125. The lowest BCUT2D eigenvalue weighted by Gasteiger charge is -2.21. The first-order valence-corrected chi connectivity index (χ1v) is 7.50. The molecule has 1 unspecified atom stereocenters. The average Bonchev–Trinajstić information content (AvgIpc) is 2.20. The summed E-state index contributed by atoms with van der Waals surface area (Å²) in [4.78, 5) is 4.30. The van der Waals surface area contributed by atoms with Gasteiger partial charge in [0, 0.05) is 29.4 Å². The molecule has 0 amide bonds. The quantitative estimate of drug-likeness (QED) is 0.851. The SMILES string of the molecule is CS(=O)CCNc1ccc(N)c(OC(C)(C)C)n1. The molecule has 1 atom stereocenters. The van der Waals surface area contributed by atoms with Crippen LogP contribution in [0.3, 0.4) is 0 Å². The van der Waals surface area contributed by atoms with E-state index >= 15 is 0 Å². The molecule has 1 rings (SSSR count). The van der Waals surface area contributed by atoms with Gasteiger partial charge in [0.15, 0.2) is 0 Å². The second-order valence-corrected chi connectivity index (χ2v) is 6.56. The van der Waals surface area contributed by atoms with E-state index < -0.39 is 10.8 Å². The van der Waals surface area contributed by atoms with Crippen molar-refractivity contribution in [3.8, 4) is 5.88 Å². The van der Waals surface area contributed by atoms with Crippen molar-refractivity contribution in [3.63, 3.8) is 0 Å². The van der Waals surface area contributed by atoms with Gasteiger partial charge in [-0.15, -0.1) is 0 Å². The highest BCUT2D eigenvalue weighted by molar-refractivity contribution is 7.84. The third kappa shape index (κ3) is 5.35. The number of rotatable bonds is 5. The van der Waals surface area contributed by atoms with E-state index in [1.807, 2.05) is 20.8 Å². The first kappa shape index (κ1) is 14.8. The number of nitrogens with zero attached hydrogens (tertiary/aromatic N) is 1. The summed E-state index contributed by atoms with van der Waals surface area (Å²) in [5.74, 6) is 1.68. The van der Waals surface area contributed by atoms with Crippen LogP contribution in [0.5, 0.6) is 5.88 Å². The fourth-order valence-corrected chi connectivity index (χ4v) is 1.63. The van der Waals surface area contributed by atoms with E-state index in [1.54, 1.807) is 18.4 Å². The molecule has 0 aliphatic carbocycles. The number of nitrogens with two attached hydrogens (primary N) is 1. The Morgan fingerprint density at radius 1 is 1.44 bits per heavy atom. The molecule has 0 fully saturated rings. The minimum Gasteiger partial charge on any atom is -0.470 e. The molecular weight excluding hydrogens is 250 g/mol. The van der Waals surface area contributed by atoms with Gasteiger partial charge in [-0.1, -0.05) is 0 Å². The van der Waals surface area contributed by atoms with Crippen LogP contribution in [-0.4, -0.2) is 33.3 Å². The maximum Gasteiger partial charge on any atom is 0.239 e. The van der Waals surface area contributed by atoms with Crippen molar-refractivity contribution in [3.05, 3.63) is 12.1 Å². The second-order valence-electron chi connectivity index (χ2n) is 5.01. The topological polar surface area (TPSA) is 77.2 Å². The first-order valence-electron chi connectivity index (χ1n) is 5.77. The summed E-state index contributed by atoms with van der Waals surface area (Å²) in [7, 11) is -0.811. The molecule has 0 bridgehead atoms. The maximum absolute atomic E-state index is 10.9. The van der Waals surface area contributed by atoms with Crippen molar-refractivity contribution in [2.75, 3.05) is 29.6 Å². The highest BCUT2D eigenvalue weighted by Crippen LogP contribution is 2.24. The summed E-state index contributed by atoms with van der Waals surface area (Å²) in [6, 6.07) is 3.53. The molecule has 5 nitrogen and oxygen atoms in total. The van der Waals surface area contributed by atoms with E-state index in [-0.39, 0.29) is 5.60 Å². The number of anilines is 2. The number of nitrogens with one attached hydrogen (secondary N) is 1. The van der Waals surface area contributed by atoms with Crippen LogP contribution in [0.1, 0.15) is 20.8 Å². The Labute approximate surface area is 111 Å². The number of pyridine rings is 1. The summed E-state index contributed by atoms with van der Waals surface area (Å²) in [5, 5.41) is 3.09. The van der Waals surface area contributed by atoms with E-state index in [4.69, 9.17) is 10.5 Å². The molecule has 0 aliphatic heterocycles. The Balaban J connectivity index is 2.71. The average molecular weight is 271 g/mol. The molecule has 3 N–H and O–H groups in total. The number of ether oxygens (including phenoxy) is 1. The summed E-state index contributed by atoms with van der Waals surface area (Å²) >= 11 is 0. The molecule has 1 aromatic rings. The van der Waals surface area contributed by atoms with Crippen molar-refractivity contribution >= 4 is 22.3 Å². The third-order valence-corrected chi connectivity index (χ3v) is 2.77. The van der Waals surface area contributed by atoms with Crippen LogP contribution in [0.15, 0.2) is 12.1 Å². The van der Waals surface area contributed by atoms with Crippen molar-refractivity contribution < 1.29 is 8.95 Å². The fourth-order valence-electron chi connectivity index (χ4n) is 1.24. The Morgan fingerprint density at radius 3 is 2.67 bits per heavy atom. The number of hydrogen-bond acceptors (Lipinski definition) is 5. The van der Waals surface area contributed by atoms with E-state index in [9.17, 15) is 4.21 Å². The largest absolute Gasteiger partial charge is 0.470 e. The van der Waals surface area contributed by atoms with Crippen LogP contribution in [0.2, 0.25) is 0 Å². The summed E-state index contributed by atoms with van der Waals surface area (Å²) < 4.78 is 16.6. The molecule has 0 aliphatic rings. The van der Waals surface area contributed by atoms with Crippen LogP contribution in [-0.2, 0) is 10.8 Å². The lowest BCUT2D eigenvalue weighted by atomic mass is 10.2. The van der Waals surface area contributed by atoms with Crippen LogP contribution in [0.25, 0.3) is 0 Å². The molecule has 0 spiro atoms. The Kier molecular flexibility index (Phi) is 4.95. The highest BCUT2D eigenvalue weighted by atomic mass is 32.2. The van der Waals surface area contributed by atoms with Crippen molar-refractivity contribution in [1.82, 2.24) is 4.98 Å². The number of nitrogen functional groups attached to an aromatic ring is 1. The smallest absolute Gasteiger partial charge is 0.239 e. The monoisotopic (exact) mass is 271 g/mol. The Hall–Kier alpha value is -1.30. The standard InChI is InChI=1S/C12H21N3O2S/c1-12(2,3)17-11-9(13)5-6-10(15-11)14-7-8-18(4)16/h5-6H,7-8,13H2,1-4H3,(H,14,15). The number of hydrogen-bond donors (Lipinski definition) is 2. The normalized spacial score (nSPS) is 13.1. The summed E-state index contributed by atoms with van der Waals surface area (Å²) in [5.41, 5.74) is 5.98. The van der Waals surface area contributed by atoms with Gasteiger partial charge in [0.2, 0.25) is 5.88 Å². The molecule has 0 saturated heterocycles. The predicted octanol–water partition coefficient (Wildman–Crippen LogP) is 1.63. The molecule has 18 heavy (non-hydrogen) atoms. The van der Waals surface area contributed by atoms with Gasteiger partial charge in [-0.3, -0.25) is 4.21 Å². The van der Waals surface area contributed by atoms with Crippen LogP contribution in [0.4, 0.5) is 11.5 Å². The van der Waals surface area contributed by atoms with E-state index in [1.165, 1.54) is 0 Å². The van der Waals surface area contributed by atoms with Gasteiger partial charge < -0.3 is 15.8 Å². The van der Waals surface area contributed by atoms with Crippen molar-refractivity contribution in [1.29, 1.82) is 0 Å². The van der Waals surface area contributed by atoms with Gasteiger partial charge in [-0.2, -0.15) is 4.98 Å². The lowest BCUT2D eigenvalue weighted by Crippen LogP contribution is -2.24. The van der Waals surface area contributed by atoms with E-state index in [0.717, 1.165) is 0 Å². The van der Waals surface area contributed by atoms with Crippen LogP contribution < -0.4 is 15.8 Å². The highest BCUT2D eigenvalue weighted by Gasteiger charge is 2.15. The zero-order chi connectivity index (χ0) is 13.8. The molecule has 1 aromatic heterocycles. The molecule has 0 saturated carbocycles. The Morgan fingerprint density at radius 2 is 2.11 bits per heavy atom. The molecule has 6 heteroatoms. The van der Waals surface area contributed by atoms with Crippen LogP contribution >= 0.6 is 0 Å². The van der Waals surface area contributed by atoms with Crippen molar-refractivity contribution in [2.24, 2.45) is 0 Å².